The summed E-state index contributed by atoms with van der Waals surface area (Å²) in [5.74, 6) is -0.412. The van der Waals surface area contributed by atoms with Crippen molar-refractivity contribution in [1.29, 1.82) is 0 Å². The number of Topliss-reactive ketones (excluding diaryl/α,β-unsaturated/α-hetero) is 1. The van der Waals surface area contributed by atoms with Crippen molar-refractivity contribution in [3.63, 3.8) is 0 Å². The van der Waals surface area contributed by atoms with Crippen LogP contribution in [0.1, 0.15) is 27.0 Å². The third-order valence-corrected chi connectivity index (χ3v) is 6.33. The number of rotatable bonds is 6. The van der Waals surface area contributed by atoms with Crippen LogP contribution in [-0.2, 0) is 0 Å². The molecule has 1 aliphatic rings. The molecule has 0 spiro atoms. The Morgan fingerprint density at radius 3 is 2.25 bits per heavy atom. The lowest BCUT2D eigenvalue weighted by atomic mass is 10.0. The first-order valence-electron chi connectivity index (χ1n) is 10.9. The van der Waals surface area contributed by atoms with Crippen LogP contribution in [-0.4, -0.2) is 16.9 Å². The number of carbonyl (C=O) groups is 1. The summed E-state index contributed by atoms with van der Waals surface area (Å²) in [5.41, 5.74) is 4.88. The lowest BCUT2D eigenvalue weighted by Gasteiger charge is -2.13. The molecule has 0 saturated heterocycles. The van der Waals surface area contributed by atoms with Gasteiger partial charge >= 0.3 is 0 Å². The van der Waals surface area contributed by atoms with Gasteiger partial charge < -0.3 is 10.4 Å². The Balaban J connectivity index is 1.44. The van der Waals surface area contributed by atoms with E-state index < -0.39 is 4.92 Å². The second-order valence-corrected chi connectivity index (χ2v) is 8.88. The Hall–Kier alpha value is -4.56. The van der Waals surface area contributed by atoms with E-state index in [0.29, 0.717) is 16.8 Å². The minimum Gasteiger partial charge on any atom is -0.871 e. The van der Waals surface area contributed by atoms with Crippen molar-refractivity contribution in [3.8, 4) is 5.75 Å². The third-order valence-electron chi connectivity index (χ3n) is 5.74. The van der Waals surface area contributed by atoms with Crippen LogP contribution in [0.3, 0.4) is 0 Å². The first kappa shape index (κ1) is 23.2. The highest BCUT2D eigenvalue weighted by molar-refractivity contribution is 9.10. The molecule has 0 aromatic heterocycles. The van der Waals surface area contributed by atoms with Gasteiger partial charge in [-0.25, -0.2) is 0 Å². The SMILES string of the molecule is O=C1C(c2ccccc2)=C(Nc2ccc(N=Cc3cc([N+](=O)[O-])cc(Br)c3[O-])cc2)c2ccccc21. The van der Waals surface area contributed by atoms with Gasteiger partial charge in [0.15, 0.2) is 5.78 Å². The molecule has 1 aliphatic carbocycles. The summed E-state index contributed by atoms with van der Waals surface area (Å²) in [4.78, 5) is 28.0. The molecule has 4 aromatic carbocycles. The molecule has 0 unspecified atom stereocenters. The number of hydrogen-bond acceptors (Lipinski definition) is 6. The van der Waals surface area contributed by atoms with Crippen LogP contribution in [0.15, 0.2) is 100 Å². The Morgan fingerprint density at radius 1 is 0.889 bits per heavy atom. The number of nitro groups is 1. The summed E-state index contributed by atoms with van der Waals surface area (Å²) >= 11 is 3.06. The summed E-state index contributed by atoms with van der Waals surface area (Å²) in [5, 5.41) is 26.8. The average Bonchev–Trinajstić information content (AvgIpc) is 3.17. The summed E-state index contributed by atoms with van der Waals surface area (Å²) in [6.45, 7) is 0. The number of nitro benzene ring substituents is 1. The molecule has 0 radical (unpaired) electrons. The molecule has 5 rings (SSSR count). The van der Waals surface area contributed by atoms with E-state index in [4.69, 9.17) is 0 Å². The smallest absolute Gasteiger partial charge is 0.271 e. The standard InChI is InChI=1S/C28H18BrN3O4/c29-24-15-21(32(35)36)14-18(27(24)33)16-30-19-10-12-20(13-11-19)31-26-22-8-4-5-9-23(22)28(34)25(26)17-6-2-1-3-7-17/h1-16,31,33H/p-1. The normalized spacial score (nSPS) is 12.8. The molecule has 7 nitrogen and oxygen atoms in total. The fourth-order valence-electron chi connectivity index (χ4n) is 4.01. The highest BCUT2D eigenvalue weighted by Crippen LogP contribution is 2.39. The second kappa shape index (κ2) is 9.59. The molecule has 8 heteroatoms. The van der Waals surface area contributed by atoms with Crippen molar-refractivity contribution in [2.24, 2.45) is 4.99 Å². The summed E-state index contributed by atoms with van der Waals surface area (Å²) in [6, 6.07) is 26.5. The number of aliphatic imine (C=N–C) groups is 1. The summed E-state index contributed by atoms with van der Waals surface area (Å²) in [6.07, 6.45) is 1.31. The zero-order chi connectivity index (χ0) is 25.2. The van der Waals surface area contributed by atoms with Crippen LogP contribution in [0.2, 0.25) is 0 Å². The molecule has 0 saturated carbocycles. The molecular weight excluding hydrogens is 522 g/mol. The quantitative estimate of drug-likeness (QED) is 0.174. The van der Waals surface area contributed by atoms with Gasteiger partial charge in [0.25, 0.3) is 5.69 Å². The molecular formula is C28H17BrN3O4-. The first-order valence-corrected chi connectivity index (χ1v) is 11.7. The maximum absolute atomic E-state index is 13.2. The number of halogens is 1. The fourth-order valence-corrected chi connectivity index (χ4v) is 4.48. The molecule has 1 N–H and O–H groups in total. The largest absolute Gasteiger partial charge is 0.871 e. The van der Waals surface area contributed by atoms with Gasteiger partial charge in [0.2, 0.25) is 0 Å². The first-order chi connectivity index (χ1) is 17.4. The van der Waals surface area contributed by atoms with Crippen LogP contribution in [0.5, 0.6) is 5.75 Å². The number of carbonyl (C=O) groups excluding carboxylic acids is 1. The van der Waals surface area contributed by atoms with E-state index in [2.05, 4.69) is 26.2 Å². The van der Waals surface area contributed by atoms with Gasteiger partial charge in [0.1, 0.15) is 0 Å². The highest BCUT2D eigenvalue weighted by Gasteiger charge is 2.30. The number of ketones is 1. The molecule has 4 aromatic rings. The van der Waals surface area contributed by atoms with Crippen molar-refractivity contribution in [1.82, 2.24) is 0 Å². The van der Waals surface area contributed by atoms with E-state index in [9.17, 15) is 20.0 Å². The predicted octanol–water partition coefficient (Wildman–Crippen LogP) is 6.36. The van der Waals surface area contributed by atoms with Gasteiger partial charge in [0, 0.05) is 39.6 Å². The van der Waals surface area contributed by atoms with Crippen LogP contribution in [0.25, 0.3) is 11.3 Å². The van der Waals surface area contributed by atoms with Gasteiger partial charge in [-0.15, -0.1) is 0 Å². The van der Waals surface area contributed by atoms with Crippen LogP contribution < -0.4 is 10.4 Å². The van der Waals surface area contributed by atoms with E-state index >= 15 is 0 Å². The highest BCUT2D eigenvalue weighted by atomic mass is 79.9. The molecule has 0 bridgehead atoms. The van der Waals surface area contributed by atoms with Gasteiger partial charge in [-0.05, 0) is 35.4 Å². The second-order valence-electron chi connectivity index (χ2n) is 8.02. The Morgan fingerprint density at radius 2 is 1.56 bits per heavy atom. The van der Waals surface area contributed by atoms with Crippen molar-refractivity contribution in [3.05, 3.63) is 128 Å². The van der Waals surface area contributed by atoms with Crippen molar-refractivity contribution >= 4 is 56.3 Å². The van der Waals surface area contributed by atoms with E-state index in [1.165, 1.54) is 18.3 Å². The number of allylic oxidation sites excluding steroid dienone is 1. The minimum absolute atomic E-state index is 0.0305. The van der Waals surface area contributed by atoms with Crippen LogP contribution in [0, 0.1) is 10.1 Å². The minimum atomic E-state index is -0.563. The number of fused-ring (bicyclic) bond motifs is 1. The molecule has 0 aliphatic heterocycles. The number of benzene rings is 4. The number of non-ortho nitro benzene ring substituents is 1. The van der Waals surface area contributed by atoms with Gasteiger partial charge in [0.05, 0.1) is 21.9 Å². The number of hydrogen-bond donors (Lipinski definition) is 1. The van der Waals surface area contributed by atoms with Crippen LogP contribution in [0.4, 0.5) is 17.1 Å². The monoisotopic (exact) mass is 538 g/mol. The molecule has 0 amide bonds. The zero-order valence-electron chi connectivity index (χ0n) is 18.6. The topological polar surface area (TPSA) is 108 Å². The maximum Gasteiger partial charge on any atom is 0.271 e. The molecule has 0 heterocycles. The van der Waals surface area contributed by atoms with E-state index in [1.807, 2.05) is 66.7 Å². The fraction of sp³-hybridized carbons (Fsp3) is 0. The Kier molecular flexibility index (Phi) is 6.18. The predicted molar refractivity (Wildman–Crippen MR) is 142 cm³/mol. The lowest BCUT2D eigenvalue weighted by molar-refractivity contribution is -0.385. The number of anilines is 1. The molecule has 0 fully saturated rings. The van der Waals surface area contributed by atoms with Crippen molar-refractivity contribution in [2.75, 3.05) is 5.32 Å². The molecule has 36 heavy (non-hydrogen) atoms. The Bertz CT molecular complexity index is 1560. The maximum atomic E-state index is 13.2. The molecule has 176 valence electrons. The summed E-state index contributed by atoms with van der Waals surface area (Å²) < 4.78 is 0.103. The zero-order valence-corrected chi connectivity index (χ0v) is 20.2. The number of nitrogens with one attached hydrogen (secondary N) is 1. The lowest BCUT2D eigenvalue weighted by Crippen LogP contribution is -2.01. The van der Waals surface area contributed by atoms with Gasteiger partial charge in [-0.1, -0.05) is 76.3 Å². The average molecular weight is 539 g/mol. The summed E-state index contributed by atoms with van der Waals surface area (Å²) in [7, 11) is 0. The van der Waals surface area contributed by atoms with E-state index in [1.54, 1.807) is 12.1 Å². The van der Waals surface area contributed by atoms with Gasteiger partial charge in [-0.3, -0.25) is 19.9 Å². The Labute approximate surface area is 214 Å². The van der Waals surface area contributed by atoms with Crippen LogP contribution >= 0.6 is 15.9 Å². The van der Waals surface area contributed by atoms with Crippen molar-refractivity contribution in [2.45, 2.75) is 0 Å². The third kappa shape index (κ3) is 4.42. The van der Waals surface area contributed by atoms with E-state index in [-0.39, 0.29) is 27.3 Å². The van der Waals surface area contributed by atoms with Gasteiger partial charge in [-0.2, -0.15) is 0 Å². The van der Waals surface area contributed by atoms with Crippen molar-refractivity contribution < 1.29 is 14.8 Å². The number of nitrogens with zero attached hydrogens (tertiary/aromatic N) is 2. The molecule has 0 atom stereocenters. The van der Waals surface area contributed by atoms with E-state index in [0.717, 1.165) is 22.5 Å².